The van der Waals surface area contributed by atoms with E-state index in [4.69, 9.17) is 5.73 Å². The minimum Gasteiger partial charge on any atom is -0.368 e. The number of amides is 3. The smallest absolute Gasteiger partial charge is 0.368 e. The average Bonchev–Trinajstić information content (AvgIpc) is 1.61. The van der Waals surface area contributed by atoms with Crippen molar-refractivity contribution in [2.24, 2.45) is 24.9 Å². The van der Waals surface area contributed by atoms with Crippen LogP contribution < -0.4 is 20.4 Å². The maximum absolute atomic E-state index is 14.6. The molecule has 0 aliphatic carbocycles. The van der Waals surface area contributed by atoms with E-state index in [1.807, 2.05) is 62.1 Å². The number of pyridine rings is 1. The number of aliphatic hydroxyl groups is 2. The fraction of sp³-hybridized carbons (Fsp3) is 0.270. The molecule has 8 aromatic rings. The maximum atomic E-state index is 14.6. The highest BCUT2D eigenvalue weighted by Crippen LogP contribution is 2.51. The van der Waals surface area contributed by atoms with Crippen LogP contribution in [0.2, 0.25) is 0 Å². The molecule has 4 aliphatic rings. The number of para-hydroxylation sites is 3. The number of carbonyl (C=O) groups is 3. The Morgan fingerprint density at radius 3 is 1.47 bits per heavy atom. The van der Waals surface area contributed by atoms with E-state index in [0.29, 0.717) is 17.7 Å². The molecule has 3 aromatic heterocycles. The monoisotopic (exact) mass is 1190 g/mol. The number of alkyl halides is 6. The molecule has 0 fully saturated rings. The van der Waals surface area contributed by atoms with Crippen molar-refractivity contribution in [2.75, 3.05) is 21.7 Å². The van der Waals surface area contributed by atoms with Crippen molar-refractivity contribution in [3.63, 3.8) is 0 Å². The van der Waals surface area contributed by atoms with Gasteiger partial charge in [0.15, 0.2) is 13.3 Å². The lowest BCUT2D eigenvalue weighted by Gasteiger charge is -2.25. The quantitative estimate of drug-likeness (QED) is 0.0932. The highest BCUT2D eigenvalue weighted by molar-refractivity contribution is 6.09. The van der Waals surface area contributed by atoms with E-state index < -0.39 is 57.9 Å². The van der Waals surface area contributed by atoms with Crippen molar-refractivity contribution in [2.45, 2.75) is 91.3 Å². The van der Waals surface area contributed by atoms with Gasteiger partial charge in [0.1, 0.15) is 17.3 Å². The van der Waals surface area contributed by atoms with E-state index >= 15 is 0 Å². The highest BCUT2D eigenvalue weighted by atomic mass is 19.4. The zero-order valence-electron chi connectivity index (χ0n) is 44.2. The summed E-state index contributed by atoms with van der Waals surface area (Å²) in [5, 5.41) is 32.8. The molecule has 0 saturated carbocycles. The van der Waals surface area contributed by atoms with Crippen molar-refractivity contribution in [1.82, 2.24) is 24.5 Å². The molecule has 3 amide bonds. The molecule has 0 radical (unpaired) electrons. The van der Waals surface area contributed by atoms with Gasteiger partial charge in [-0.15, -0.1) is 0 Å². The Hall–Kier alpha value is -9.19. The van der Waals surface area contributed by atoms with Crippen LogP contribution in [-0.4, -0.2) is 89.0 Å². The number of carbonyl (C=O) groups excluding carboxylic acids is 3. The third-order valence-electron chi connectivity index (χ3n) is 14.6. The van der Waals surface area contributed by atoms with Crippen molar-refractivity contribution in [3.05, 3.63) is 203 Å². The Kier molecular flexibility index (Phi) is 19.0. The van der Waals surface area contributed by atoms with Crippen molar-refractivity contribution < 1.29 is 60.0 Å². The summed E-state index contributed by atoms with van der Waals surface area (Å²) >= 11 is 0. The van der Waals surface area contributed by atoms with E-state index in [-0.39, 0.29) is 77.1 Å². The number of rotatable bonds is 9. The van der Waals surface area contributed by atoms with E-state index in [1.165, 1.54) is 65.6 Å². The number of hydrazone groups is 1. The summed E-state index contributed by atoms with van der Waals surface area (Å²) in [6.07, 6.45) is 1.73. The number of aryl methyl sites for hydroxylation is 2. The molecule has 0 spiro atoms. The molecule has 12 rings (SSSR count). The lowest BCUT2D eigenvalue weighted by Crippen LogP contribution is -2.50. The molecule has 5 aromatic carbocycles. The molecule has 4 atom stereocenters. The van der Waals surface area contributed by atoms with Crippen molar-refractivity contribution in [3.8, 4) is 22.3 Å². The molecule has 23 heteroatoms. The average molecular weight is 1190 g/mol. The minimum atomic E-state index is -5.19. The summed E-state index contributed by atoms with van der Waals surface area (Å²) < 4.78 is 101. The standard InChI is InChI=1S/C20H15F4N3O2.C20H20N4O.C19H16F3N4O2.4CH4/c1-26-11-13(9-25-26)14-7-6-12(8-16(14)21)10-27-17-5-3-2-4-15(17)19(29,18(27)28)20(22,23)24;1-20(21)17-5-3-4-6-18(17)24(19(20)25)12-14-7-9-15(10-8-14)16-11-22-23(2)13-16;1-25-11-13(9-24-25)15-7-6-12(8-23-15)10-26-16-5-3-2-4-14(16)18(28,17(26)27)19(20,21)22;;;;/h2-9,11,29H,10H2,1H3;3-11,13H,12,21H2,1-2H3;2-9,11,13,28H,10H2,1H3;4*1H4/q;;+1;;;;. The zero-order chi connectivity index (χ0) is 58.7. The molecular weight excluding hydrogens is 1120 g/mol. The van der Waals surface area contributed by atoms with Crippen LogP contribution in [0.25, 0.3) is 22.3 Å². The first kappa shape index (κ1) is 66.0. The van der Waals surface area contributed by atoms with Gasteiger partial charge in [0.25, 0.3) is 28.9 Å². The third-order valence-corrected chi connectivity index (χ3v) is 14.6. The van der Waals surface area contributed by atoms with E-state index in [0.717, 1.165) is 61.6 Å². The van der Waals surface area contributed by atoms with Crippen LogP contribution in [0.15, 0.2) is 163 Å². The van der Waals surface area contributed by atoms with E-state index in [2.05, 4.69) is 32.4 Å². The van der Waals surface area contributed by atoms with Gasteiger partial charge >= 0.3 is 12.4 Å². The summed E-state index contributed by atoms with van der Waals surface area (Å²) in [6.45, 7) is 1.83. The van der Waals surface area contributed by atoms with E-state index in [1.54, 1.807) is 59.8 Å². The number of aromatic nitrogens is 5. The second-order valence-corrected chi connectivity index (χ2v) is 20.3. The van der Waals surface area contributed by atoms with Gasteiger partial charge < -0.3 is 30.6 Å². The summed E-state index contributed by atoms with van der Waals surface area (Å²) in [7, 11) is 5.38. The predicted molar refractivity (Wildman–Crippen MR) is 316 cm³/mol. The molecule has 4 aliphatic heterocycles. The Morgan fingerprint density at radius 1 is 0.570 bits per heavy atom. The van der Waals surface area contributed by atoms with Crippen LogP contribution in [0.5, 0.6) is 0 Å². The lowest BCUT2D eigenvalue weighted by molar-refractivity contribution is -0.494. The Labute approximate surface area is 493 Å². The number of fused-ring (bicyclic) bond motifs is 3. The molecule has 0 bridgehead atoms. The van der Waals surface area contributed by atoms with Crippen molar-refractivity contribution in [1.29, 1.82) is 0 Å². The number of anilines is 3. The normalized spacial score (nSPS) is 19.8. The minimum absolute atomic E-state index is 0. The van der Waals surface area contributed by atoms with Gasteiger partial charge in [-0.25, -0.2) is 4.39 Å². The number of hydrogen-bond acceptors (Lipinski definition) is 10. The van der Waals surface area contributed by atoms with Crippen molar-refractivity contribution >= 4 is 47.2 Å². The molecular formula is C63H67F7N11O5+. The van der Waals surface area contributed by atoms with Gasteiger partial charge in [0.2, 0.25) is 0 Å². The summed E-state index contributed by atoms with van der Waals surface area (Å²) in [6, 6.07) is 34.1. The summed E-state index contributed by atoms with van der Waals surface area (Å²) in [5.74, 6) is -3.67. The first-order chi connectivity index (χ1) is 38.8. The molecule has 4 unspecified atom stereocenters. The summed E-state index contributed by atoms with van der Waals surface area (Å²) in [5.41, 5.74) is 4.53. The molecule has 16 nitrogen and oxygen atoms in total. The fourth-order valence-electron chi connectivity index (χ4n) is 10.3. The van der Waals surface area contributed by atoms with Crippen LogP contribution >= 0.6 is 0 Å². The molecule has 452 valence electrons. The highest BCUT2D eigenvalue weighted by Gasteiger charge is 2.67. The molecule has 86 heavy (non-hydrogen) atoms. The van der Waals surface area contributed by atoms with Gasteiger partial charge in [-0.05, 0) is 64.6 Å². The van der Waals surface area contributed by atoms with Gasteiger partial charge in [-0.3, -0.25) is 28.7 Å². The van der Waals surface area contributed by atoms with E-state index in [9.17, 15) is 55.3 Å². The van der Waals surface area contributed by atoms with Crippen LogP contribution in [-0.2, 0) is 64.9 Å². The van der Waals surface area contributed by atoms with Crippen LogP contribution in [0.4, 0.5) is 47.8 Å². The van der Waals surface area contributed by atoms with Crippen LogP contribution in [0.3, 0.4) is 0 Å². The fourth-order valence-corrected chi connectivity index (χ4v) is 10.3. The summed E-state index contributed by atoms with van der Waals surface area (Å²) in [4.78, 5) is 45.8. The number of hydrogen-bond donors (Lipinski definition) is 3. The Morgan fingerprint density at radius 2 is 1.01 bits per heavy atom. The number of nitrogens with two attached hydrogens (primary N) is 1. The Balaban J connectivity index is 0.000000202. The van der Waals surface area contributed by atoms with Crippen LogP contribution in [0, 0.1) is 5.82 Å². The second kappa shape index (κ2) is 24.8. The molecule has 7 heterocycles. The maximum Gasteiger partial charge on any atom is 0.430 e. The van der Waals surface area contributed by atoms with Gasteiger partial charge in [-0.1, -0.05) is 131 Å². The Bertz CT molecular complexity index is 3840. The van der Waals surface area contributed by atoms with Gasteiger partial charge in [-0.2, -0.15) is 36.5 Å². The number of nitrogens with zero attached hydrogens (tertiary/aromatic N) is 10. The SMILES string of the molecule is C.C.C.C.C[N+]1=CC(c2ccc(CN3C(=O)C(O)(C(F)(F)F)c4ccccc43)cn2)C=N1.Cn1cc(-c2ccc(CN3C(=O)C(C)(N)c4ccccc43)cc2)cn1.Cn1cc(-c2ccc(CN3C(=O)C(O)(C(F)(F)F)c4ccccc43)cc2F)cn1. The van der Waals surface area contributed by atoms with Crippen LogP contribution in [0.1, 0.15) is 81.6 Å². The number of halogens is 7. The largest absolute Gasteiger partial charge is 0.430 e. The van der Waals surface area contributed by atoms with Gasteiger partial charge in [0, 0.05) is 71.8 Å². The first-order valence-electron chi connectivity index (χ1n) is 25.3. The molecule has 0 saturated heterocycles. The third kappa shape index (κ3) is 11.8. The molecule has 4 N–H and O–H groups in total. The first-order valence-corrected chi connectivity index (χ1v) is 25.3. The second-order valence-electron chi connectivity index (χ2n) is 20.3. The zero-order valence-corrected chi connectivity index (χ0v) is 44.2. The topological polar surface area (TPSA) is 191 Å². The number of benzene rings is 5. The van der Waals surface area contributed by atoms with Gasteiger partial charge in [0.05, 0.1) is 55.3 Å². The lowest BCUT2D eigenvalue weighted by atomic mass is 9.95. The predicted octanol–water partition coefficient (Wildman–Crippen LogP) is 11.0.